The van der Waals surface area contributed by atoms with Gasteiger partial charge in [-0.05, 0) is 26.9 Å². The Morgan fingerprint density at radius 2 is 2.33 bits per heavy atom. The second-order valence-electron chi connectivity index (χ2n) is 3.00. The molecule has 1 saturated heterocycles. The summed E-state index contributed by atoms with van der Waals surface area (Å²) in [7, 11) is 2.03. The van der Waals surface area contributed by atoms with E-state index in [1.54, 1.807) is 0 Å². The normalized spacial score (nSPS) is 23.3. The first-order chi connectivity index (χ1) is 5.24. The molecule has 4 heteroatoms. The SMILES string of the molecule is CCOC(=O)[C@H]1CCN(C)C1.Cl. The number of nitrogens with zero attached hydrogens (tertiary/aromatic N) is 1. The van der Waals surface area contributed by atoms with E-state index in [-0.39, 0.29) is 24.3 Å². The van der Waals surface area contributed by atoms with Crippen LogP contribution in [0.25, 0.3) is 0 Å². The minimum absolute atomic E-state index is 0. The number of likely N-dealkylation sites (tertiary alicyclic amines) is 1. The first-order valence-electron chi connectivity index (χ1n) is 4.09. The van der Waals surface area contributed by atoms with Gasteiger partial charge in [-0.25, -0.2) is 0 Å². The molecule has 0 aromatic carbocycles. The number of halogens is 1. The average Bonchev–Trinajstić information content (AvgIpc) is 2.36. The van der Waals surface area contributed by atoms with Crippen LogP contribution in [0, 0.1) is 5.92 Å². The Labute approximate surface area is 79.5 Å². The van der Waals surface area contributed by atoms with Crippen LogP contribution in [0.5, 0.6) is 0 Å². The zero-order valence-electron chi connectivity index (χ0n) is 7.58. The van der Waals surface area contributed by atoms with Crippen molar-refractivity contribution in [1.29, 1.82) is 0 Å². The minimum atomic E-state index is -0.0307. The highest BCUT2D eigenvalue weighted by atomic mass is 35.5. The van der Waals surface area contributed by atoms with Gasteiger partial charge in [0.15, 0.2) is 0 Å². The molecule has 0 amide bonds. The van der Waals surface area contributed by atoms with Crippen molar-refractivity contribution in [3.8, 4) is 0 Å². The smallest absolute Gasteiger partial charge is 0.310 e. The topological polar surface area (TPSA) is 29.5 Å². The van der Waals surface area contributed by atoms with Gasteiger partial charge in [-0.3, -0.25) is 4.79 Å². The van der Waals surface area contributed by atoms with Crippen molar-refractivity contribution in [2.45, 2.75) is 13.3 Å². The van der Waals surface area contributed by atoms with Gasteiger partial charge >= 0.3 is 5.97 Å². The van der Waals surface area contributed by atoms with Crippen LogP contribution in [-0.4, -0.2) is 37.6 Å². The van der Waals surface area contributed by atoms with Gasteiger partial charge in [-0.2, -0.15) is 0 Å². The molecule has 0 spiro atoms. The molecule has 0 aromatic heterocycles. The van der Waals surface area contributed by atoms with E-state index >= 15 is 0 Å². The van der Waals surface area contributed by atoms with Gasteiger partial charge in [0, 0.05) is 6.54 Å². The molecular formula is C8H16ClNO2. The zero-order chi connectivity index (χ0) is 8.27. The van der Waals surface area contributed by atoms with Gasteiger partial charge in [-0.15, -0.1) is 12.4 Å². The Morgan fingerprint density at radius 3 is 2.75 bits per heavy atom. The average molecular weight is 194 g/mol. The summed E-state index contributed by atoms with van der Waals surface area (Å²) in [5.74, 6) is 0.0943. The molecule has 1 heterocycles. The highest BCUT2D eigenvalue weighted by Gasteiger charge is 2.26. The first-order valence-corrected chi connectivity index (χ1v) is 4.09. The Kier molecular flexibility index (Phi) is 5.25. The summed E-state index contributed by atoms with van der Waals surface area (Å²) in [6.07, 6.45) is 0.954. The van der Waals surface area contributed by atoms with E-state index in [1.165, 1.54) is 0 Å². The van der Waals surface area contributed by atoms with Crippen LogP contribution < -0.4 is 0 Å². The lowest BCUT2D eigenvalue weighted by Crippen LogP contribution is -2.21. The van der Waals surface area contributed by atoms with Crippen LogP contribution in [0.2, 0.25) is 0 Å². The Balaban J connectivity index is 0.00000121. The number of esters is 1. The molecule has 0 bridgehead atoms. The lowest BCUT2D eigenvalue weighted by atomic mass is 10.1. The molecule has 0 radical (unpaired) electrons. The predicted octanol–water partition coefficient (Wildman–Crippen LogP) is 0.923. The Bertz CT molecular complexity index is 152. The molecule has 0 aromatic rings. The van der Waals surface area contributed by atoms with E-state index in [0.29, 0.717) is 6.61 Å². The molecule has 3 nitrogen and oxygen atoms in total. The van der Waals surface area contributed by atoms with Crippen molar-refractivity contribution >= 4 is 18.4 Å². The summed E-state index contributed by atoms with van der Waals surface area (Å²) in [5.41, 5.74) is 0. The standard InChI is InChI=1S/C8H15NO2.ClH/c1-3-11-8(10)7-4-5-9(2)6-7;/h7H,3-6H2,1-2H3;1H/t7-;/m0./s1. The molecular weight excluding hydrogens is 178 g/mol. The Morgan fingerprint density at radius 1 is 1.67 bits per heavy atom. The highest BCUT2D eigenvalue weighted by Crippen LogP contribution is 2.15. The van der Waals surface area contributed by atoms with Crippen LogP contribution in [0.4, 0.5) is 0 Å². The Hall–Kier alpha value is -0.280. The first kappa shape index (κ1) is 11.7. The van der Waals surface area contributed by atoms with Crippen molar-refractivity contribution in [1.82, 2.24) is 4.90 Å². The number of carbonyl (C=O) groups excluding carboxylic acids is 1. The quantitative estimate of drug-likeness (QED) is 0.611. The molecule has 1 rings (SSSR count). The lowest BCUT2D eigenvalue weighted by molar-refractivity contribution is -0.147. The van der Waals surface area contributed by atoms with E-state index in [1.807, 2.05) is 14.0 Å². The number of hydrogen-bond acceptors (Lipinski definition) is 3. The van der Waals surface area contributed by atoms with Crippen LogP contribution in [0.3, 0.4) is 0 Å². The van der Waals surface area contributed by atoms with Crippen molar-refractivity contribution in [2.75, 3.05) is 26.7 Å². The molecule has 12 heavy (non-hydrogen) atoms. The molecule has 1 atom stereocenters. The fourth-order valence-electron chi connectivity index (χ4n) is 1.39. The fourth-order valence-corrected chi connectivity index (χ4v) is 1.39. The second kappa shape index (κ2) is 5.38. The monoisotopic (exact) mass is 193 g/mol. The largest absolute Gasteiger partial charge is 0.466 e. The number of rotatable bonds is 2. The zero-order valence-corrected chi connectivity index (χ0v) is 8.39. The molecule has 0 unspecified atom stereocenters. The third kappa shape index (κ3) is 2.99. The van der Waals surface area contributed by atoms with E-state index in [9.17, 15) is 4.79 Å². The van der Waals surface area contributed by atoms with E-state index in [0.717, 1.165) is 19.5 Å². The fraction of sp³-hybridized carbons (Fsp3) is 0.875. The molecule has 1 fully saturated rings. The maximum absolute atomic E-state index is 11.1. The summed E-state index contributed by atoms with van der Waals surface area (Å²) < 4.78 is 4.91. The van der Waals surface area contributed by atoms with Gasteiger partial charge in [0.25, 0.3) is 0 Å². The predicted molar refractivity (Wildman–Crippen MR) is 49.5 cm³/mol. The number of carbonyl (C=O) groups is 1. The van der Waals surface area contributed by atoms with E-state index < -0.39 is 0 Å². The summed E-state index contributed by atoms with van der Waals surface area (Å²) in [5, 5.41) is 0. The number of hydrogen-bond donors (Lipinski definition) is 0. The van der Waals surface area contributed by atoms with Crippen molar-refractivity contribution in [3.05, 3.63) is 0 Å². The van der Waals surface area contributed by atoms with Crippen LogP contribution >= 0.6 is 12.4 Å². The van der Waals surface area contributed by atoms with Gasteiger partial charge in [0.05, 0.1) is 12.5 Å². The molecule has 1 aliphatic heterocycles. The molecule has 0 saturated carbocycles. The van der Waals surface area contributed by atoms with Crippen molar-refractivity contribution in [3.63, 3.8) is 0 Å². The van der Waals surface area contributed by atoms with Gasteiger partial charge in [0.2, 0.25) is 0 Å². The third-order valence-corrected chi connectivity index (χ3v) is 2.01. The van der Waals surface area contributed by atoms with Gasteiger partial charge < -0.3 is 9.64 Å². The highest BCUT2D eigenvalue weighted by molar-refractivity contribution is 5.85. The number of ether oxygens (including phenoxy) is 1. The van der Waals surface area contributed by atoms with Crippen molar-refractivity contribution in [2.24, 2.45) is 5.92 Å². The second-order valence-corrected chi connectivity index (χ2v) is 3.00. The molecule has 0 aliphatic carbocycles. The summed E-state index contributed by atoms with van der Waals surface area (Å²) in [6.45, 7) is 4.22. The van der Waals surface area contributed by atoms with Crippen LogP contribution in [-0.2, 0) is 9.53 Å². The maximum Gasteiger partial charge on any atom is 0.310 e. The summed E-state index contributed by atoms with van der Waals surface area (Å²) in [4.78, 5) is 13.3. The lowest BCUT2D eigenvalue weighted by Gasteiger charge is -2.08. The summed E-state index contributed by atoms with van der Waals surface area (Å²) >= 11 is 0. The summed E-state index contributed by atoms with van der Waals surface area (Å²) in [6, 6.07) is 0. The molecule has 0 N–H and O–H groups in total. The van der Waals surface area contributed by atoms with Crippen LogP contribution in [0.15, 0.2) is 0 Å². The third-order valence-electron chi connectivity index (χ3n) is 2.01. The van der Waals surface area contributed by atoms with Crippen LogP contribution in [0.1, 0.15) is 13.3 Å². The van der Waals surface area contributed by atoms with E-state index in [2.05, 4.69) is 4.90 Å². The minimum Gasteiger partial charge on any atom is -0.466 e. The molecule has 72 valence electrons. The van der Waals surface area contributed by atoms with E-state index in [4.69, 9.17) is 4.74 Å². The maximum atomic E-state index is 11.1. The van der Waals surface area contributed by atoms with Crippen molar-refractivity contribution < 1.29 is 9.53 Å². The molecule has 1 aliphatic rings. The van der Waals surface area contributed by atoms with Gasteiger partial charge in [-0.1, -0.05) is 0 Å². The van der Waals surface area contributed by atoms with Gasteiger partial charge in [0.1, 0.15) is 0 Å².